The summed E-state index contributed by atoms with van der Waals surface area (Å²) in [5, 5.41) is 3.28. The van der Waals surface area contributed by atoms with E-state index in [0.717, 1.165) is 5.56 Å². The van der Waals surface area contributed by atoms with Crippen LogP contribution >= 0.6 is 0 Å². The Kier molecular flexibility index (Phi) is 5.24. The number of pyridine rings is 2. The maximum absolute atomic E-state index is 13.0. The highest BCUT2D eigenvalue weighted by atomic mass is 16.5. The number of ether oxygens (including phenoxy) is 2. The monoisotopic (exact) mass is 439 g/mol. The lowest BCUT2D eigenvalue weighted by atomic mass is 10.0. The van der Waals surface area contributed by atoms with Crippen molar-refractivity contribution < 1.29 is 23.9 Å². The van der Waals surface area contributed by atoms with Crippen molar-refractivity contribution >= 4 is 34.3 Å². The van der Waals surface area contributed by atoms with E-state index in [1.54, 1.807) is 48.8 Å². The highest BCUT2D eigenvalue weighted by molar-refractivity contribution is 6.06. The minimum atomic E-state index is -0.633. The molecule has 0 bridgehead atoms. The summed E-state index contributed by atoms with van der Waals surface area (Å²) in [6.07, 6.45) is 3.30. The first-order valence-electron chi connectivity index (χ1n) is 10.2. The van der Waals surface area contributed by atoms with E-state index in [4.69, 9.17) is 9.47 Å². The molecule has 0 saturated carbocycles. The van der Waals surface area contributed by atoms with Crippen LogP contribution < -0.4 is 10.1 Å². The van der Waals surface area contributed by atoms with Gasteiger partial charge in [-0.15, -0.1) is 0 Å². The highest BCUT2D eigenvalue weighted by Gasteiger charge is 2.20. The standard InChI is InChI=1S/C25H17N3O5/c29-22(16-5-6-23-21(11-16)28-24(30)14-32-23)13-33-25(31)18-12-20(15-7-9-26-10-8-15)27-19-4-2-1-3-17(18)19/h1-12H,13-14H2,(H,28,30). The fourth-order valence-electron chi connectivity index (χ4n) is 3.56. The van der Waals surface area contributed by atoms with Gasteiger partial charge in [-0.3, -0.25) is 14.6 Å². The third kappa shape index (κ3) is 4.14. The fourth-order valence-corrected chi connectivity index (χ4v) is 3.56. The number of nitrogens with zero attached hydrogens (tertiary/aromatic N) is 2. The number of hydrogen-bond donors (Lipinski definition) is 1. The lowest BCUT2D eigenvalue weighted by Crippen LogP contribution is -2.25. The average Bonchev–Trinajstić information content (AvgIpc) is 2.86. The van der Waals surface area contributed by atoms with Crippen LogP contribution in [0.2, 0.25) is 0 Å². The van der Waals surface area contributed by atoms with Gasteiger partial charge in [0.15, 0.2) is 19.0 Å². The molecule has 0 fully saturated rings. The van der Waals surface area contributed by atoms with Crippen LogP contribution in [0.25, 0.3) is 22.2 Å². The van der Waals surface area contributed by atoms with E-state index in [-0.39, 0.29) is 12.5 Å². The molecule has 3 heterocycles. The molecule has 1 N–H and O–H groups in total. The second kappa shape index (κ2) is 8.51. The summed E-state index contributed by atoms with van der Waals surface area (Å²) in [5.74, 6) is -0.853. The van der Waals surface area contributed by atoms with E-state index in [9.17, 15) is 14.4 Å². The molecule has 8 heteroatoms. The van der Waals surface area contributed by atoms with Crippen LogP contribution in [-0.4, -0.2) is 40.8 Å². The van der Waals surface area contributed by atoms with Crippen molar-refractivity contribution in [3.63, 3.8) is 0 Å². The zero-order valence-electron chi connectivity index (χ0n) is 17.3. The first kappa shape index (κ1) is 20.3. The summed E-state index contributed by atoms with van der Waals surface area (Å²) in [7, 11) is 0. The maximum Gasteiger partial charge on any atom is 0.339 e. The van der Waals surface area contributed by atoms with E-state index in [0.29, 0.717) is 39.2 Å². The Labute approximate surface area is 188 Å². The van der Waals surface area contributed by atoms with Gasteiger partial charge in [0.2, 0.25) is 0 Å². The molecule has 8 nitrogen and oxygen atoms in total. The molecule has 0 saturated heterocycles. The van der Waals surface area contributed by atoms with Crippen LogP contribution in [0.15, 0.2) is 73.1 Å². The summed E-state index contributed by atoms with van der Waals surface area (Å²) >= 11 is 0. The van der Waals surface area contributed by atoms with Crippen molar-refractivity contribution in [2.45, 2.75) is 0 Å². The first-order valence-corrected chi connectivity index (χ1v) is 10.2. The van der Waals surface area contributed by atoms with Gasteiger partial charge in [-0.05, 0) is 42.5 Å². The summed E-state index contributed by atoms with van der Waals surface area (Å²) in [6.45, 7) is -0.521. The molecule has 1 aliphatic heterocycles. The minimum absolute atomic E-state index is 0.0702. The topological polar surface area (TPSA) is 107 Å². The van der Waals surface area contributed by atoms with Gasteiger partial charge in [0, 0.05) is 28.9 Å². The number of carbonyl (C=O) groups excluding carboxylic acids is 3. The van der Waals surface area contributed by atoms with Crippen LogP contribution in [-0.2, 0) is 9.53 Å². The molecule has 2 aromatic heterocycles. The van der Waals surface area contributed by atoms with Crippen LogP contribution in [0.3, 0.4) is 0 Å². The fraction of sp³-hybridized carbons (Fsp3) is 0.0800. The SMILES string of the molecule is O=C1COc2ccc(C(=O)COC(=O)c3cc(-c4ccncc4)nc4ccccc34)cc2N1. The first-order chi connectivity index (χ1) is 16.1. The Morgan fingerprint density at radius 1 is 1.03 bits per heavy atom. The van der Waals surface area contributed by atoms with Crippen LogP contribution in [0.4, 0.5) is 5.69 Å². The average molecular weight is 439 g/mol. The lowest BCUT2D eigenvalue weighted by Gasteiger charge is -2.18. The number of Topliss-reactive ketones (excluding diaryl/α,β-unsaturated/α-hetero) is 1. The van der Waals surface area contributed by atoms with Gasteiger partial charge in [0.1, 0.15) is 5.75 Å². The second-order valence-corrected chi connectivity index (χ2v) is 7.36. The minimum Gasteiger partial charge on any atom is -0.482 e. The van der Waals surface area contributed by atoms with Crippen molar-refractivity contribution in [2.24, 2.45) is 0 Å². The maximum atomic E-state index is 13.0. The van der Waals surface area contributed by atoms with Gasteiger partial charge in [0.05, 0.1) is 22.5 Å². The molecule has 33 heavy (non-hydrogen) atoms. The normalized spacial score (nSPS) is 12.4. The third-order valence-electron chi connectivity index (χ3n) is 5.18. The molecule has 1 amide bonds. The Bertz CT molecular complexity index is 1400. The number of fused-ring (bicyclic) bond motifs is 2. The number of ketones is 1. The molecule has 5 rings (SSSR count). The molecule has 0 radical (unpaired) electrons. The lowest BCUT2D eigenvalue weighted by molar-refractivity contribution is -0.118. The Balaban J connectivity index is 1.39. The number of nitrogens with one attached hydrogen (secondary N) is 1. The molecule has 0 aliphatic carbocycles. The van der Waals surface area contributed by atoms with Gasteiger partial charge in [0.25, 0.3) is 5.91 Å². The molecule has 1 aliphatic rings. The van der Waals surface area contributed by atoms with Gasteiger partial charge in [-0.25, -0.2) is 9.78 Å². The van der Waals surface area contributed by atoms with E-state index in [1.807, 2.05) is 18.2 Å². The van der Waals surface area contributed by atoms with Crippen LogP contribution in [0.5, 0.6) is 5.75 Å². The molecule has 2 aromatic carbocycles. The molecule has 0 atom stereocenters. The summed E-state index contributed by atoms with van der Waals surface area (Å²) in [6, 6.07) is 17.2. The van der Waals surface area contributed by atoms with E-state index in [1.165, 1.54) is 6.07 Å². The molecular weight excluding hydrogens is 422 g/mol. The Morgan fingerprint density at radius 2 is 1.85 bits per heavy atom. The number of benzene rings is 2. The molecular formula is C25H17N3O5. The van der Waals surface area contributed by atoms with Crippen molar-refractivity contribution in [3.8, 4) is 17.0 Å². The Morgan fingerprint density at radius 3 is 2.70 bits per heavy atom. The summed E-state index contributed by atoms with van der Waals surface area (Å²) in [4.78, 5) is 45.8. The van der Waals surface area contributed by atoms with Crippen molar-refractivity contribution in [3.05, 3.63) is 84.2 Å². The van der Waals surface area contributed by atoms with Crippen LogP contribution in [0, 0.1) is 0 Å². The van der Waals surface area contributed by atoms with Crippen molar-refractivity contribution in [2.75, 3.05) is 18.5 Å². The molecule has 0 unspecified atom stereocenters. The number of amides is 1. The van der Waals surface area contributed by atoms with Gasteiger partial charge >= 0.3 is 5.97 Å². The molecule has 162 valence electrons. The van der Waals surface area contributed by atoms with Crippen molar-refractivity contribution in [1.29, 1.82) is 0 Å². The number of para-hydroxylation sites is 1. The summed E-state index contributed by atoms with van der Waals surface area (Å²) < 4.78 is 10.7. The van der Waals surface area contributed by atoms with Crippen LogP contribution in [0.1, 0.15) is 20.7 Å². The van der Waals surface area contributed by atoms with Gasteiger partial charge in [-0.1, -0.05) is 18.2 Å². The largest absolute Gasteiger partial charge is 0.482 e. The zero-order valence-corrected chi connectivity index (χ0v) is 17.3. The van der Waals surface area contributed by atoms with Gasteiger partial charge in [-0.2, -0.15) is 0 Å². The highest BCUT2D eigenvalue weighted by Crippen LogP contribution is 2.29. The Hall–Kier alpha value is -4.59. The van der Waals surface area contributed by atoms with E-state index < -0.39 is 18.4 Å². The van der Waals surface area contributed by atoms with Gasteiger partial charge < -0.3 is 14.8 Å². The smallest absolute Gasteiger partial charge is 0.339 e. The quantitative estimate of drug-likeness (QED) is 0.373. The van der Waals surface area contributed by atoms with E-state index >= 15 is 0 Å². The number of anilines is 1. The number of esters is 1. The number of hydrogen-bond acceptors (Lipinski definition) is 7. The van der Waals surface area contributed by atoms with Crippen molar-refractivity contribution in [1.82, 2.24) is 9.97 Å². The second-order valence-electron chi connectivity index (χ2n) is 7.36. The predicted molar refractivity (Wildman–Crippen MR) is 120 cm³/mol. The molecule has 4 aromatic rings. The predicted octanol–water partition coefficient (Wildman–Crippen LogP) is 3.67. The third-order valence-corrected chi connectivity index (χ3v) is 5.18. The summed E-state index contributed by atoms with van der Waals surface area (Å²) in [5.41, 5.74) is 3.05. The zero-order chi connectivity index (χ0) is 22.8. The number of rotatable bonds is 5. The number of carbonyl (C=O) groups is 3. The molecule has 0 spiro atoms. The number of aromatic nitrogens is 2. The van der Waals surface area contributed by atoms with E-state index in [2.05, 4.69) is 15.3 Å².